The van der Waals surface area contributed by atoms with E-state index in [-0.39, 0.29) is 6.04 Å². The van der Waals surface area contributed by atoms with Gasteiger partial charge < -0.3 is 10.5 Å². The fraction of sp³-hybridized carbons (Fsp3) is 0.625. The first-order chi connectivity index (χ1) is 9.65. The van der Waals surface area contributed by atoms with Crippen molar-refractivity contribution < 1.29 is 4.74 Å². The summed E-state index contributed by atoms with van der Waals surface area (Å²) in [6.45, 7) is 6.70. The van der Waals surface area contributed by atoms with Gasteiger partial charge in [-0.25, -0.2) is 0 Å². The molecule has 1 aliphatic rings. The second-order valence-corrected chi connectivity index (χ2v) is 7.02. The molecule has 3 nitrogen and oxygen atoms in total. The third kappa shape index (κ3) is 3.68. The molecule has 0 radical (unpaired) electrons. The van der Waals surface area contributed by atoms with Crippen LogP contribution in [-0.4, -0.2) is 42.1 Å². The number of nitrogens with two attached hydrogens (primary N) is 1. The minimum Gasteiger partial charge on any atom is -0.497 e. The van der Waals surface area contributed by atoms with Crippen LogP contribution in [0.1, 0.15) is 31.9 Å². The first kappa shape index (κ1) is 15.7. The summed E-state index contributed by atoms with van der Waals surface area (Å²) in [4.78, 5) is 2.55. The monoisotopic (exact) mass is 294 g/mol. The van der Waals surface area contributed by atoms with Gasteiger partial charge >= 0.3 is 0 Å². The normalized spacial score (nSPS) is 23.3. The van der Waals surface area contributed by atoms with Crippen LogP contribution >= 0.6 is 11.8 Å². The summed E-state index contributed by atoms with van der Waals surface area (Å²) in [7, 11) is 1.72. The molecule has 20 heavy (non-hydrogen) atoms. The highest BCUT2D eigenvalue weighted by Gasteiger charge is 2.29. The van der Waals surface area contributed by atoms with Gasteiger partial charge in [-0.15, -0.1) is 0 Å². The fourth-order valence-electron chi connectivity index (χ4n) is 2.88. The van der Waals surface area contributed by atoms with Gasteiger partial charge in [-0.05, 0) is 24.1 Å². The van der Waals surface area contributed by atoms with E-state index >= 15 is 0 Å². The molecule has 0 spiro atoms. The minimum atomic E-state index is 0.164. The van der Waals surface area contributed by atoms with Crippen LogP contribution in [0.4, 0.5) is 0 Å². The molecule has 0 aromatic heterocycles. The molecule has 0 aliphatic carbocycles. The Labute approximate surface area is 126 Å². The quantitative estimate of drug-likeness (QED) is 0.906. The molecule has 3 atom stereocenters. The maximum Gasteiger partial charge on any atom is 0.119 e. The molecule has 1 aromatic rings. The number of benzene rings is 1. The Morgan fingerprint density at radius 1 is 1.50 bits per heavy atom. The zero-order valence-corrected chi connectivity index (χ0v) is 13.5. The number of ether oxygens (including phenoxy) is 1. The van der Waals surface area contributed by atoms with Crippen LogP contribution in [-0.2, 0) is 0 Å². The third-order valence-corrected chi connectivity index (χ3v) is 5.11. The van der Waals surface area contributed by atoms with Gasteiger partial charge in [0.05, 0.1) is 13.2 Å². The Morgan fingerprint density at radius 2 is 2.30 bits per heavy atom. The molecule has 1 heterocycles. The lowest BCUT2D eigenvalue weighted by Crippen LogP contribution is -2.46. The maximum absolute atomic E-state index is 6.43. The van der Waals surface area contributed by atoms with Gasteiger partial charge in [0.2, 0.25) is 0 Å². The summed E-state index contributed by atoms with van der Waals surface area (Å²) >= 11 is 2.05. The van der Waals surface area contributed by atoms with E-state index in [4.69, 9.17) is 10.5 Å². The van der Waals surface area contributed by atoms with Crippen LogP contribution in [0.3, 0.4) is 0 Å². The lowest BCUT2D eigenvalue weighted by atomic mass is 9.95. The van der Waals surface area contributed by atoms with Crippen molar-refractivity contribution in [2.75, 3.05) is 26.0 Å². The second kappa shape index (κ2) is 7.34. The molecule has 1 fully saturated rings. The molecule has 1 saturated heterocycles. The number of methoxy groups -OCH3 is 1. The number of hydrogen-bond acceptors (Lipinski definition) is 4. The molecule has 1 aliphatic heterocycles. The summed E-state index contributed by atoms with van der Waals surface area (Å²) in [5, 5.41) is 0.681. The topological polar surface area (TPSA) is 38.5 Å². The highest BCUT2D eigenvalue weighted by molar-refractivity contribution is 7.99. The second-order valence-electron chi connectivity index (χ2n) is 5.47. The van der Waals surface area contributed by atoms with Crippen LogP contribution in [0.5, 0.6) is 5.75 Å². The first-order valence-corrected chi connectivity index (χ1v) is 8.45. The van der Waals surface area contributed by atoms with Crippen molar-refractivity contribution in [3.8, 4) is 5.75 Å². The highest BCUT2D eigenvalue weighted by Crippen LogP contribution is 2.31. The molecule has 112 valence electrons. The Balaban J connectivity index is 2.26. The van der Waals surface area contributed by atoms with Gasteiger partial charge in [0, 0.05) is 30.1 Å². The predicted octanol–water partition coefficient (Wildman–Crippen LogP) is 2.91. The van der Waals surface area contributed by atoms with E-state index in [1.54, 1.807) is 7.11 Å². The summed E-state index contributed by atoms with van der Waals surface area (Å²) in [5.41, 5.74) is 7.70. The summed E-state index contributed by atoms with van der Waals surface area (Å²) in [6.07, 6.45) is 0.986. The smallest absolute Gasteiger partial charge is 0.119 e. The molecular weight excluding hydrogens is 268 g/mol. The summed E-state index contributed by atoms with van der Waals surface area (Å²) in [6, 6.07) is 8.82. The summed E-state index contributed by atoms with van der Waals surface area (Å²) < 4.78 is 5.36. The summed E-state index contributed by atoms with van der Waals surface area (Å²) in [5.74, 6) is 2.10. The van der Waals surface area contributed by atoms with Crippen molar-refractivity contribution in [2.24, 2.45) is 5.73 Å². The fourth-order valence-corrected chi connectivity index (χ4v) is 3.91. The van der Waals surface area contributed by atoms with E-state index in [1.807, 2.05) is 6.07 Å². The van der Waals surface area contributed by atoms with Crippen molar-refractivity contribution in [3.63, 3.8) is 0 Å². The molecule has 2 rings (SSSR count). The van der Waals surface area contributed by atoms with Crippen LogP contribution in [0.25, 0.3) is 0 Å². The average molecular weight is 294 g/mol. The molecule has 0 amide bonds. The SMILES string of the molecule is CCC(N)C(c1cccc(OC)c1)N1CCSC(C)C1. The van der Waals surface area contributed by atoms with Crippen molar-refractivity contribution in [2.45, 2.75) is 37.6 Å². The van der Waals surface area contributed by atoms with Crippen molar-refractivity contribution in [1.29, 1.82) is 0 Å². The lowest BCUT2D eigenvalue weighted by Gasteiger charge is -2.40. The maximum atomic E-state index is 6.43. The Kier molecular flexibility index (Phi) is 5.75. The van der Waals surface area contributed by atoms with Crippen LogP contribution < -0.4 is 10.5 Å². The van der Waals surface area contributed by atoms with Crippen LogP contribution in [0.2, 0.25) is 0 Å². The number of rotatable bonds is 5. The van der Waals surface area contributed by atoms with E-state index in [2.05, 4.69) is 48.7 Å². The van der Waals surface area contributed by atoms with Gasteiger partial charge in [-0.3, -0.25) is 4.90 Å². The van der Waals surface area contributed by atoms with Gasteiger partial charge in [0.15, 0.2) is 0 Å². The average Bonchev–Trinajstić information content (AvgIpc) is 2.47. The lowest BCUT2D eigenvalue weighted by molar-refractivity contribution is 0.176. The third-order valence-electron chi connectivity index (χ3n) is 3.98. The van der Waals surface area contributed by atoms with E-state index < -0.39 is 0 Å². The zero-order chi connectivity index (χ0) is 14.5. The Morgan fingerprint density at radius 3 is 2.95 bits per heavy atom. The Hall–Kier alpha value is -0.710. The molecule has 2 N–H and O–H groups in total. The highest BCUT2D eigenvalue weighted by atomic mass is 32.2. The molecule has 1 aromatic carbocycles. The van der Waals surface area contributed by atoms with Crippen LogP contribution in [0, 0.1) is 0 Å². The minimum absolute atomic E-state index is 0.164. The number of nitrogens with zero attached hydrogens (tertiary/aromatic N) is 1. The molecular formula is C16H26N2OS. The Bertz CT molecular complexity index is 427. The van der Waals surface area contributed by atoms with Gasteiger partial charge in [0.1, 0.15) is 5.75 Å². The van der Waals surface area contributed by atoms with E-state index in [0.29, 0.717) is 11.3 Å². The first-order valence-electron chi connectivity index (χ1n) is 7.41. The predicted molar refractivity (Wildman–Crippen MR) is 87.5 cm³/mol. The van der Waals surface area contributed by atoms with E-state index in [0.717, 1.165) is 25.3 Å². The zero-order valence-electron chi connectivity index (χ0n) is 12.7. The van der Waals surface area contributed by atoms with Gasteiger partial charge in [-0.2, -0.15) is 11.8 Å². The van der Waals surface area contributed by atoms with Crippen molar-refractivity contribution in [3.05, 3.63) is 29.8 Å². The van der Waals surface area contributed by atoms with Crippen LogP contribution in [0.15, 0.2) is 24.3 Å². The number of thioether (sulfide) groups is 1. The number of hydrogen-bond donors (Lipinski definition) is 1. The molecule has 3 unspecified atom stereocenters. The van der Waals surface area contributed by atoms with Crippen molar-refractivity contribution in [1.82, 2.24) is 4.90 Å². The molecule has 0 bridgehead atoms. The molecule has 4 heteroatoms. The van der Waals surface area contributed by atoms with Crippen molar-refractivity contribution >= 4 is 11.8 Å². The standard InChI is InChI=1S/C16H26N2OS/c1-4-15(17)16(18-8-9-20-12(2)11-18)13-6-5-7-14(10-13)19-3/h5-7,10,12,15-16H,4,8-9,11,17H2,1-3H3. The largest absolute Gasteiger partial charge is 0.497 e. The van der Waals surface area contributed by atoms with E-state index in [1.165, 1.54) is 11.3 Å². The van der Waals surface area contributed by atoms with Gasteiger partial charge in [-0.1, -0.05) is 26.0 Å². The van der Waals surface area contributed by atoms with Gasteiger partial charge in [0.25, 0.3) is 0 Å². The molecule has 0 saturated carbocycles. The van der Waals surface area contributed by atoms with E-state index in [9.17, 15) is 0 Å².